The number of aromatic nitrogens is 1. The Balaban J connectivity index is 2.20. The second-order valence-corrected chi connectivity index (χ2v) is 5.66. The number of benzene rings is 1. The Morgan fingerprint density at radius 2 is 2.00 bits per heavy atom. The van der Waals surface area contributed by atoms with Crippen LogP contribution in [0, 0.1) is 13.8 Å². The van der Waals surface area contributed by atoms with Crippen LogP contribution >= 0.6 is 11.8 Å². The summed E-state index contributed by atoms with van der Waals surface area (Å²) in [6.07, 6.45) is 1.86. The van der Waals surface area contributed by atoms with Crippen molar-refractivity contribution in [3.63, 3.8) is 0 Å². The van der Waals surface area contributed by atoms with Gasteiger partial charge in [0.05, 0.1) is 0 Å². The zero-order valence-electron chi connectivity index (χ0n) is 11.7. The lowest BCUT2D eigenvalue weighted by atomic mass is 10.1. The maximum Gasteiger partial charge on any atom is 0.105 e. The minimum Gasteiger partial charge on any atom is -0.313 e. The summed E-state index contributed by atoms with van der Waals surface area (Å²) in [7, 11) is 0. The number of hydrogen-bond acceptors (Lipinski definition) is 3. The number of pyridine rings is 1. The van der Waals surface area contributed by atoms with Crippen LogP contribution in [0.15, 0.2) is 46.5 Å². The van der Waals surface area contributed by atoms with Gasteiger partial charge in [-0.25, -0.2) is 4.98 Å². The molecule has 0 bridgehead atoms. The first kappa shape index (κ1) is 14.1. The van der Waals surface area contributed by atoms with Crippen molar-refractivity contribution in [2.24, 2.45) is 0 Å². The topological polar surface area (TPSA) is 24.9 Å². The second kappa shape index (κ2) is 6.73. The normalized spacial score (nSPS) is 10.7. The van der Waals surface area contributed by atoms with Crippen molar-refractivity contribution in [3.8, 4) is 0 Å². The second-order valence-electron chi connectivity index (χ2n) is 4.60. The van der Waals surface area contributed by atoms with Crippen LogP contribution in [0.4, 0.5) is 0 Å². The zero-order chi connectivity index (χ0) is 13.7. The molecule has 100 valence electrons. The molecular formula is C16H20N2S. The summed E-state index contributed by atoms with van der Waals surface area (Å²) < 4.78 is 0. The zero-order valence-corrected chi connectivity index (χ0v) is 12.6. The number of hydrogen-bond donors (Lipinski definition) is 1. The number of rotatable bonds is 5. The van der Waals surface area contributed by atoms with Crippen LogP contribution in [0.3, 0.4) is 0 Å². The van der Waals surface area contributed by atoms with Gasteiger partial charge in [0.15, 0.2) is 0 Å². The van der Waals surface area contributed by atoms with Gasteiger partial charge in [0.2, 0.25) is 0 Å². The van der Waals surface area contributed by atoms with Crippen LogP contribution in [0.5, 0.6) is 0 Å². The number of nitrogens with one attached hydrogen (secondary N) is 1. The van der Waals surface area contributed by atoms with Gasteiger partial charge in [-0.1, -0.05) is 30.8 Å². The quantitative estimate of drug-likeness (QED) is 0.892. The number of nitrogens with zero attached hydrogens (tertiary/aromatic N) is 1. The van der Waals surface area contributed by atoms with Gasteiger partial charge in [-0.15, -0.1) is 0 Å². The van der Waals surface area contributed by atoms with Crippen molar-refractivity contribution in [2.45, 2.75) is 37.2 Å². The Morgan fingerprint density at radius 1 is 1.16 bits per heavy atom. The molecule has 2 nitrogen and oxygen atoms in total. The van der Waals surface area contributed by atoms with Gasteiger partial charge in [-0.3, -0.25) is 0 Å². The van der Waals surface area contributed by atoms with E-state index < -0.39 is 0 Å². The standard InChI is InChI=1S/C16H20N2S/c1-4-17-11-14-6-5-9-18-16(14)19-15-8-7-12(2)13(3)10-15/h5-10,17H,4,11H2,1-3H3. The van der Waals surface area contributed by atoms with Crippen LogP contribution in [0.25, 0.3) is 0 Å². The monoisotopic (exact) mass is 272 g/mol. The van der Waals surface area contributed by atoms with Crippen LogP contribution in [0.1, 0.15) is 23.6 Å². The summed E-state index contributed by atoms with van der Waals surface area (Å²) in [6, 6.07) is 10.7. The van der Waals surface area contributed by atoms with Gasteiger partial charge in [0.25, 0.3) is 0 Å². The molecule has 0 radical (unpaired) electrons. The van der Waals surface area contributed by atoms with E-state index in [4.69, 9.17) is 0 Å². The highest BCUT2D eigenvalue weighted by Gasteiger charge is 2.06. The van der Waals surface area contributed by atoms with Crippen molar-refractivity contribution in [1.82, 2.24) is 10.3 Å². The lowest BCUT2D eigenvalue weighted by molar-refractivity contribution is 0.711. The molecule has 0 saturated heterocycles. The molecule has 0 amide bonds. The van der Waals surface area contributed by atoms with Crippen LogP contribution in [0.2, 0.25) is 0 Å². The third-order valence-electron chi connectivity index (χ3n) is 3.11. The Kier molecular flexibility index (Phi) is 5.00. The van der Waals surface area contributed by atoms with Crippen LogP contribution in [-0.4, -0.2) is 11.5 Å². The van der Waals surface area contributed by atoms with E-state index in [1.165, 1.54) is 21.6 Å². The van der Waals surface area contributed by atoms with Crippen molar-refractivity contribution in [1.29, 1.82) is 0 Å². The Hall–Kier alpha value is -1.32. The average molecular weight is 272 g/mol. The van der Waals surface area contributed by atoms with Gasteiger partial charge < -0.3 is 5.32 Å². The number of aryl methyl sites for hydroxylation is 2. The molecule has 2 rings (SSSR count). The summed E-state index contributed by atoms with van der Waals surface area (Å²) in [5.74, 6) is 0. The van der Waals surface area contributed by atoms with Gasteiger partial charge >= 0.3 is 0 Å². The van der Waals surface area contributed by atoms with E-state index in [2.05, 4.69) is 55.3 Å². The fourth-order valence-corrected chi connectivity index (χ4v) is 2.78. The van der Waals surface area contributed by atoms with Gasteiger partial charge in [-0.05, 0) is 55.3 Å². The molecule has 1 aromatic heterocycles. The average Bonchev–Trinajstić information content (AvgIpc) is 2.42. The fourth-order valence-electron chi connectivity index (χ4n) is 1.80. The highest BCUT2D eigenvalue weighted by Crippen LogP contribution is 2.29. The van der Waals surface area contributed by atoms with E-state index in [0.717, 1.165) is 18.1 Å². The maximum absolute atomic E-state index is 4.50. The lowest BCUT2D eigenvalue weighted by Crippen LogP contribution is -2.12. The van der Waals surface area contributed by atoms with Crippen LogP contribution in [-0.2, 0) is 6.54 Å². The SMILES string of the molecule is CCNCc1cccnc1Sc1ccc(C)c(C)c1. The summed E-state index contributed by atoms with van der Waals surface area (Å²) in [5, 5.41) is 4.45. The first-order valence-corrected chi connectivity index (χ1v) is 7.42. The summed E-state index contributed by atoms with van der Waals surface area (Å²) >= 11 is 1.74. The first-order valence-electron chi connectivity index (χ1n) is 6.60. The van der Waals surface area contributed by atoms with E-state index in [0.29, 0.717) is 0 Å². The predicted molar refractivity (Wildman–Crippen MR) is 81.7 cm³/mol. The van der Waals surface area contributed by atoms with Crippen molar-refractivity contribution in [3.05, 3.63) is 53.2 Å². The van der Waals surface area contributed by atoms with E-state index in [1.807, 2.05) is 12.3 Å². The molecule has 0 aliphatic heterocycles. The Morgan fingerprint density at radius 3 is 2.74 bits per heavy atom. The summed E-state index contributed by atoms with van der Waals surface area (Å²) in [4.78, 5) is 5.75. The molecule has 0 aliphatic carbocycles. The third-order valence-corrected chi connectivity index (χ3v) is 4.16. The molecular weight excluding hydrogens is 252 g/mol. The molecule has 3 heteroatoms. The molecule has 0 unspecified atom stereocenters. The molecule has 1 heterocycles. The predicted octanol–water partition coefficient (Wildman–Crippen LogP) is 3.96. The molecule has 0 aliphatic rings. The molecule has 2 aromatic rings. The molecule has 1 N–H and O–H groups in total. The molecule has 0 spiro atoms. The van der Waals surface area contributed by atoms with Gasteiger partial charge in [0.1, 0.15) is 5.03 Å². The van der Waals surface area contributed by atoms with E-state index in [9.17, 15) is 0 Å². The Labute approximate surface area is 119 Å². The van der Waals surface area contributed by atoms with Crippen molar-refractivity contribution >= 4 is 11.8 Å². The van der Waals surface area contributed by atoms with Crippen molar-refractivity contribution in [2.75, 3.05) is 6.54 Å². The van der Waals surface area contributed by atoms with Crippen molar-refractivity contribution < 1.29 is 0 Å². The highest BCUT2D eigenvalue weighted by molar-refractivity contribution is 7.99. The van der Waals surface area contributed by atoms with Crippen LogP contribution < -0.4 is 5.32 Å². The first-order chi connectivity index (χ1) is 9.20. The smallest absolute Gasteiger partial charge is 0.105 e. The minimum absolute atomic E-state index is 0.873. The van der Waals surface area contributed by atoms with E-state index in [-0.39, 0.29) is 0 Å². The lowest BCUT2D eigenvalue weighted by Gasteiger charge is -2.09. The third kappa shape index (κ3) is 3.82. The maximum atomic E-state index is 4.50. The van der Waals surface area contributed by atoms with E-state index >= 15 is 0 Å². The molecule has 0 fully saturated rings. The summed E-state index contributed by atoms with van der Waals surface area (Å²) in [5.41, 5.74) is 3.92. The Bertz CT molecular complexity index is 552. The highest BCUT2D eigenvalue weighted by atomic mass is 32.2. The molecule has 1 aromatic carbocycles. The molecule has 0 atom stereocenters. The summed E-state index contributed by atoms with van der Waals surface area (Å²) in [6.45, 7) is 8.26. The van der Waals surface area contributed by atoms with E-state index in [1.54, 1.807) is 11.8 Å². The van der Waals surface area contributed by atoms with Gasteiger partial charge in [-0.2, -0.15) is 0 Å². The minimum atomic E-state index is 0.873. The van der Waals surface area contributed by atoms with Gasteiger partial charge in [0, 0.05) is 17.6 Å². The fraction of sp³-hybridized carbons (Fsp3) is 0.312. The molecule has 0 saturated carbocycles. The molecule has 19 heavy (non-hydrogen) atoms. The largest absolute Gasteiger partial charge is 0.313 e.